The van der Waals surface area contributed by atoms with E-state index in [9.17, 15) is 27.2 Å². The molecule has 4 rings (SSSR count). The smallest absolute Gasteiger partial charge is 0.416 e. The Morgan fingerprint density at radius 2 is 1.66 bits per heavy atom. The van der Waals surface area contributed by atoms with Gasteiger partial charge in [0.2, 0.25) is 5.95 Å². The number of rotatable bonds is 8. The molecule has 3 aromatic carbocycles. The maximum Gasteiger partial charge on any atom is 0.416 e. The summed E-state index contributed by atoms with van der Waals surface area (Å²) in [6, 6.07) is 12.2. The van der Waals surface area contributed by atoms with E-state index >= 15 is 0 Å². The predicted octanol–water partition coefficient (Wildman–Crippen LogP) is 6.37. The molecular formula is C27H26F4N6O4. The van der Waals surface area contributed by atoms with Crippen molar-refractivity contribution < 1.29 is 36.6 Å². The summed E-state index contributed by atoms with van der Waals surface area (Å²) in [4.78, 5) is 30.5. The SMILES string of the molecule is COC(=O)Nc1nc2ccc(Oc3ccc(NC(=O)Nc4cc(C(F)(F)F)ccc4F)cc3)cc2n1CCN(C)C. The molecule has 0 spiro atoms. The number of amides is 3. The molecule has 1 heterocycles. The van der Waals surface area contributed by atoms with E-state index in [0.717, 1.165) is 0 Å². The van der Waals surface area contributed by atoms with Crippen LogP contribution in [0, 0.1) is 5.82 Å². The van der Waals surface area contributed by atoms with Gasteiger partial charge in [-0.1, -0.05) is 0 Å². The molecule has 3 amide bonds. The summed E-state index contributed by atoms with van der Waals surface area (Å²) in [7, 11) is 5.11. The van der Waals surface area contributed by atoms with Crippen molar-refractivity contribution in [3.05, 3.63) is 72.0 Å². The van der Waals surface area contributed by atoms with Gasteiger partial charge in [0, 0.05) is 24.8 Å². The van der Waals surface area contributed by atoms with E-state index in [1.807, 2.05) is 23.6 Å². The maximum absolute atomic E-state index is 13.9. The number of methoxy groups -OCH3 is 1. The fourth-order valence-electron chi connectivity index (χ4n) is 3.75. The van der Waals surface area contributed by atoms with Crippen molar-refractivity contribution in [3.8, 4) is 11.5 Å². The van der Waals surface area contributed by atoms with Crippen LogP contribution in [0.1, 0.15) is 5.56 Å². The number of imidazole rings is 1. The van der Waals surface area contributed by atoms with Gasteiger partial charge in [-0.2, -0.15) is 13.2 Å². The molecule has 10 nitrogen and oxygen atoms in total. The van der Waals surface area contributed by atoms with Crippen molar-refractivity contribution in [2.45, 2.75) is 12.7 Å². The normalized spacial score (nSPS) is 11.4. The van der Waals surface area contributed by atoms with Crippen LogP contribution in [0.4, 0.5) is 44.5 Å². The zero-order chi connectivity index (χ0) is 29.7. The van der Waals surface area contributed by atoms with Crippen molar-refractivity contribution >= 4 is 40.5 Å². The number of carbonyl (C=O) groups excluding carboxylic acids is 2. The molecule has 0 radical (unpaired) electrons. The Labute approximate surface area is 231 Å². The number of nitrogens with one attached hydrogen (secondary N) is 3. The molecular weight excluding hydrogens is 548 g/mol. The molecule has 4 aromatic rings. The number of urea groups is 1. The van der Waals surface area contributed by atoms with E-state index in [0.29, 0.717) is 59.8 Å². The number of benzene rings is 3. The highest BCUT2D eigenvalue weighted by Crippen LogP contribution is 2.32. The molecule has 14 heteroatoms. The van der Waals surface area contributed by atoms with Crippen molar-refractivity contribution in [2.75, 3.05) is 43.7 Å². The Morgan fingerprint density at radius 1 is 0.951 bits per heavy atom. The second-order valence-corrected chi connectivity index (χ2v) is 9.06. The van der Waals surface area contributed by atoms with Gasteiger partial charge in [-0.25, -0.2) is 19.0 Å². The van der Waals surface area contributed by atoms with Gasteiger partial charge in [0.1, 0.15) is 17.3 Å². The fourth-order valence-corrected chi connectivity index (χ4v) is 3.75. The molecule has 3 N–H and O–H groups in total. The first-order valence-corrected chi connectivity index (χ1v) is 12.2. The van der Waals surface area contributed by atoms with Crippen LogP contribution in [0.2, 0.25) is 0 Å². The fraction of sp³-hybridized carbons (Fsp3) is 0.222. The minimum Gasteiger partial charge on any atom is -0.457 e. The largest absolute Gasteiger partial charge is 0.457 e. The molecule has 0 bridgehead atoms. The van der Waals surface area contributed by atoms with Crippen LogP contribution in [-0.4, -0.2) is 54.3 Å². The third-order valence-electron chi connectivity index (χ3n) is 5.78. The van der Waals surface area contributed by atoms with E-state index in [2.05, 4.69) is 20.9 Å². The second-order valence-electron chi connectivity index (χ2n) is 9.06. The Kier molecular flexibility index (Phi) is 8.62. The van der Waals surface area contributed by atoms with Crippen LogP contribution < -0.4 is 20.7 Å². The van der Waals surface area contributed by atoms with Crippen LogP contribution in [0.25, 0.3) is 11.0 Å². The lowest BCUT2D eigenvalue weighted by Gasteiger charge is -2.14. The highest BCUT2D eigenvalue weighted by atomic mass is 19.4. The molecule has 0 aliphatic carbocycles. The Hall–Kier alpha value is -4.85. The van der Waals surface area contributed by atoms with E-state index < -0.39 is 35.4 Å². The zero-order valence-corrected chi connectivity index (χ0v) is 22.2. The Morgan fingerprint density at radius 3 is 2.32 bits per heavy atom. The van der Waals surface area contributed by atoms with Gasteiger partial charge in [0.05, 0.1) is 29.4 Å². The molecule has 0 unspecified atom stereocenters. The first kappa shape index (κ1) is 29.1. The number of aromatic nitrogens is 2. The number of nitrogens with zero attached hydrogens (tertiary/aromatic N) is 3. The zero-order valence-electron chi connectivity index (χ0n) is 22.2. The van der Waals surface area contributed by atoms with Crippen LogP contribution in [0.3, 0.4) is 0 Å². The van der Waals surface area contributed by atoms with E-state index in [1.54, 1.807) is 30.3 Å². The number of halogens is 4. The van der Waals surface area contributed by atoms with Gasteiger partial charge in [-0.05, 0) is 68.7 Å². The van der Waals surface area contributed by atoms with Gasteiger partial charge in [-0.15, -0.1) is 0 Å². The summed E-state index contributed by atoms with van der Waals surface area (Å²) in [6.07, 6.45) is -5.33. The quantitative estimate of drug-likeness (QED) is 0.211. The Bertz CT molecular complexity index is 1550. The molecule has 0 atom stereocenters. The van der Waals surface area contributed by atoms with E-state index in [4.69, 9.17) is 9.47 Å². The summed E-state index contributed by atoms with van der Waals surface area (Å²) in [5, 5.41) is 7.12. The van der Waals surface area contributed by atoms with Crippen LogP contribution in [0.5, 0.6) is 11.5 Å². The predicted molar refractivity (Wildman–Crippen MR) is 145 cm³/mol. The minimum absolute atomic E-state index is 0.290. The first-order chi connectivity index (χ1) is 19.4. The number of fused-ring (bicyclic) bond motifs is 1. The number of likely N-dealkylation sites (N-methyl/N-ethyl adjacent to an activating group) is 1. The number of hydrogen-bond acceptors (Lipinski definition) is 6. The van der Waals surface area contributed by atoms with Crippen LogP contribution in [-0.2, 0) is 17.5 Å². The highest BCUT2D eigenvalue weighted by Gasteiger charge is 2.31. The van der Waals surface area contributed by atoms with Crippen molar-refractivity contribution in [1.29, 1.82) is 0 Å². The average Bonchev–Trinajstić information content (AvgIpc) is 3.25. The van der Waals surface area contributed by atoms with E-state index in [-0.39, 0.29) is 5.69 Å². The first-order valence-electron chi connectivity index (χ1n) is 12.2. The topological polar surface area (TPSA) is 110 Å². The van der Waals surface area contributed by atoms with Gasteiger partial charge in [0.15, 0.2) is 0 Å². The lowest BCUT2D eigenvalue weighted by atomic mass is 10.2. The molecule has 41 heavy (non-hydrogen) atoms. The molecule has 0 aliphatic heterocycles. The number of ether oxygens (including phenoxy) is 2. The molecule has 216 valence electrons. The maximum atomic E-state index is 13.9. The summed E-state index contributed by atoms with van der Waals surface area (Å²) < 4.78 is 65.1. The van der Waals surface area contributed by atoms with Crippen molar-refractivity contribution in [3.63, 3.8) is 0 Å². The lowest BCUT2D eigenvalue weighted by Crippen LogP contribution is -2.21. The summed E-state index contributed by atoms with van der Waals surface area (Å²) in [5.74, 6) is 0.216. The third kappa shape index (κ3) is 7.42. The van der Waals surface area contributed by atoms with Gasteiger partial charge < -0.3 is 29.6 Å². The summed E-state index contributed by atoms with van der Waals surface area (Å²) in [5.41, 5.74) is -0.0659. The third-order valence-corrected chi connectivity index (χ3v) is 5.78. The Balaban J connectivity index is 1.46. The number of alkyl halides is 3. The van der Waals surface area contributed by atoms with Crippen molar-refractivity contribution in [2.24, 2.45) is 0 Å². The summed E-state index contributed by atoms with van der Waals surface area (Å²) in [6.45, 7) is 1.20. The van der Waals surface area contributed by atoms with Gasteiger partial charge in [-0.3, -0.25) is 5.32 Å². The molecule has 0 saturated heterocycles. The monoisotopic (exact) mass is 574 g/mol. The highest BCUT2D eigenvalue weighted by molar-refractivity contribution is 6.00. The summed E-state index contributed by atoms with van der Waals surface area (Å²) >= 11 is 0. The molecule has 0 fully saturated rings. The van der Waals surface area contributed by atoms with E-state index in [1.165, 1.54) is 19.2 Å². The standard InChI is InChI=1S/C27H26F4N6O4/c1-36(2)12-13-37-23-15-19(9-11-21(23)33-24(37)35-26(39)40-3)41-18-7-5-17(6-8-18)32-25(38)34-22-14-16(27(29,30)31)4-10-20(22)28/h4-11,14-15H,12-13H2,1-3H3,(H2,32,34,38)(H,33,35,39). The number of hydrogen-bond donors (Lipinski definition) is 3. The second kappa shape index (κ2) is 12.1. The number of anilines is 3. The molecule has 1 aromatic heterocycles. The van der Waals surface area contributed by atoms with Gasteiger partial charge in [0.25, 0.3) is 0 Å². The minimum atomic E-state index is -4.69. The van der Waals surface area contributed by atoms with Crippen molar-refractivity contribution in [1.82, 2.24) is 14.5 Å². The molecule has 0 saturated carbocycles. The lowest BCUT2D eigenvalue weighted by molar-refractivity contribution is -0.137. The number of carbonyl (C=O) groups is 2. The van der Waals surface area contributed by atoms with Crippen LogP contribution >= 0.6 is 0 Å². The van der Waals surface area contributed by atoms with Gasteiger partial charge >= 0.3 is 18.3 Å². The van der Waals surface area contributed by atoms with Crippen LogP contribution in [0.15, 0.2) is 60.7 Å². The average molecular weight is 575 g/mol. The molecule has 0 aliphatic rings.